The zero-order valence-corrected chi connectivity index (χ0v) is 18.2. The number of fused-ring (bicyclic) bond motifs is 1. The third-order valence-electron chi connectivity index (χ3n) is 4.32. The summed E-state index contributed by atoms with van der Waals surface area (Å²) >= 11 is 0. The zero-order valence-electron chi connectivity index (χ0n) is 18.2. The molecule has 0 aliphatic carbocycles. The number of nitrogens with zero attached hydrogens (tertiary/aromatic N) is 4. The lowest BCUT2D eigenvalue weighted by molar-refractivity contribution is 0.137. The van der Waals surface area contributed by atoms with Crippen LogP contribution in [0.15, 0.2) is 29.5 Å². The Bertz CT molecular complexity index is 838. The Labute approximate surface area is 173 Å². The molecular weight excluding hydrogens is 367 g/mol. The molecular formula is C22H33FN6. The van der Waals surface area contributed by atoms with Gasteiger partial charge >= 0.3 is 0 Å². The average Bonchev–Trinajstić information content (AvgIpc) is 2.70. The molecule has 0 saturated carbocycles. The highest BCUT2D eigenvalue weighted by Crippen LogP contribution is 2.25. The van der Waals surface area contributed by atoms with Gasteiger partial charge in [0, 0.05) is 37.8 Å². The van der Waals surface area contributed by atoms with Gasteiger partial charge in [-0.1, -0.05) is 26.8 Å². The third-order valence-corrected chi connectivity index (χ3v) is 4.32. The first-order valence-electron chi connectivity index (χ1n) is 10.2. The Morgan fingerprint density at radius 1 is 1.34 bits per heavy atom. The minimum Gasteiger partial charge on any atom is -0.365 e. The predicted molar refractivity (Wildman–Crippen MR) is 120 cm³/mol. The van der Waals surface area contributed by atoms with Crippen LogP contribution in [0.25, 0.3) is 16.6 Å². The van der Waals surface area contributed by atoms with E-state index in [2.05, 4.69) is 51.3 Å². The summed E-state index contributed by atoms with van der Waals surface area (Å²) in [4.78, 5) is 17.4. The topological polar surface area (TPSA) is 75.1 Å². The van der Waals surface area contributed by atoms with Crippen molar-refractivity contribution in [3.63, 3.8) is 0 Å². The minimum atomic E-state index is -1.28. The number of rotatable bonds is 5. The van der Waals surface area contributed by atoms with Gasteiger partial charge in [0.05, 0.1) is 17.8 Å². The highest BCUT2D eigenvalue weighted by molar-refractivity contribution is 6.10. The Morgan fingerprint density at radius 3 is 2.69 bits per heavy atom. The van der Waals surface area contributed by atoms with E-state index in [1.54, 1.807) is 25.7 Å². The van der Waals surface area contributed by atoms with E-state index in [9.17, 15) is 4.39 Å². The van der Waals surface area contributed by atoms with E-state index in [1.165, 1.54) is 0 Å². The average molecular weight is 401 g/mol. The predicted octanol–water partition coefficient (Wildman–Crippen LogP) is 4.29. The molecule has 158 valence electrons. The highest BCUT2D eigenvalue weighted by atomic mass is 19.1. The van der Waals surface area contributed by atoms with Crippen LogP contribution in [0.4, 0.5) is 10.2 Å². The second-order valence-corrected chi connectivity index (χ2v) is 7.93. The van der Waals surface area contributed by atoms with E-state index >= 15 is 0 Å². The number of aromatic nitrogens is 3. The van der Waals surface area contributed by atoms with Crippen LogP contribution in [-0.2, 0) is 0 Å². The first-order chi connectivity index (χ1) is 13.9. The third kappa shape index (κ3) is 6.85. The number of anilines is 1. The van der Waals surface area contributed by atoms with Crippen LogP contribution in [0.3, 0.4) is 0 Å². The van der Waals surface area contributed by atoms with Gasteiger partial charge in [0.2, 0.25) is 0 Å². The summed E-state index contributed by atoms with van der Waals surface area (Å²) in [6.45, 7) is 9.84. The number of pyridine rings is 1. The molecule has 0 spiro atoms. The summed E-state index contributed by atoms with van der Waals surface area (Å²) in [6.07, 6.45) is 8.31. The number of aliphatic imine (C=N–C) groups is 1. The lowest BCUT2D eigenvalue weighted by Crippen LogP contribution is -2.46. The molecule has 1 aliphatic heterocycles. The molecule has 3 rings (SSSR count). The number of alkyl halides is 1. The molecule has 0 bridgehead atoms. The molecule has 3 heterocycles. The summed E-state index contributed by atoms with van der Waals surface area (Å²) in [7, 11) is 1.71. The lowest BCUT2D eigenvalue weighted by Gasteiger charge is -2.30. The van der Waals surface area contributed by atoms with E-state index in [-0.39, 0.29) is 6.54 Å². The highest BCUT2D eigenvalue weighted by Gasteiger charge is 2.31. The van der Waals surface area contributed by atoms with Crippen molar-refractivity contribution in [1.82, 2.24) is 20.3 Å². The molecule has 6 nitrogen and oxygen atoms in total. The quantitative estimate of drug-likeness (QED) is 0.732. The van der Waals surface area contributed by atoms with E-state index in [4.69, 9.17) is 0 Å². The Balaban J connectivity index is 0.000000687. The largest absolute Gasteiger partial charge is 0.365 e. The van der Waals surface area contributed by atoms with Gasteiger partial charge in [-0.25, -0.2) is 14.4 Å². The lowest BCUT2D eigenvalue weighted by atomic mass is 9.96. The number of nitrogens with one attached hydrogen (secondary N) is 2. The van der Waals surface area contributed by atoms with Crippen molar-refractivity contribution in [2.45, 2.75) is 46.2 Å². The molecule has 1 atom stereocenters. The van der Waals surface area contributed by atoms with Crippen LogP contribution in [0.2, 0.25) is 0 Å². The maximum Gasteiger partial charge on any atom is 0.155 e. The van der Waals surface area contributed by atoms with Crippen LogP contribution < -0.4 is 10.6 Å². The number of hydrogen-bond donors (Lipinski definition) is 2. The van der Waals surface area contributed by atoms with E-state index in [0.29, 0.717) is 29.8 Å². The van der Waals surface area contributed by atoms with Gasteiger partial charge in [-0.15, -0.1) is 0 Å². The Morgan fingerprint density at radius 2 is 2.07 bits per heavy atom. The van der Waals surface area contributed by atoms with Crippen LogP contribution in [0.1, 0.15) is 46.2 Å². The summed E-state index contributed by atoms with van der Waals surface area (Å²) < 4.78 is 14.9. The van der Waals surface area contributed by atoms with E-state index in [1.807, 2.05) is 19.1 Å². The van der Waals surface area contributed by atoms with Crippen LogP contribution in [-0.4, -0.2) is 53.5 Å². The van der Waals surface area contributed by atoms with Crippen molar-refractivity contribution >= 4 is 28.6 Å². The zero-order chi connectivity index (χ0) is 21.3. The Hall–Kier alpha value is -2.41. The molecule has 29 heavy (non-hydrogen) atoms. The number of piperidine rings is 1. The van der Waals surface area contributed by atoms with Gasteiger partial charge in [0.1, 0.15) is 11.2 Å². The summed E-state index contributed by atoms with van der Waals surface area (Å²) in [5, 5.41) is 6.27. The standard InChI is InChI=1S/C18H23FN6.C4H10/c1-3-13(10-20-2)14-9-15-16(23-8-7-22-15)17(25-14)24-12-18(19)5-4-6-21-11-18;1-4(2)3/h3,7-10,21H,4-6,11-12H2,1-2H3,(H,24,25);4H,1-3H3/b13-3+,20-10?;. The van der Waals surface area contributed by atoms with Gasteiger partial charge < -0.3 is 10.6 Å². The van der Waals surface area contributed by atoms with Gasteiger partial charge in [0.15, 0.2) is 5.82 Å². The second kappa shape index (κ2) is 11.0. The van der Waals surface area contributed by atoms with Crippen LogP contribution >= 0.6 is 0 Å². The van der Waals surface area contributed by atoms with Gasteiger partial charge in [-0.3, -0.25) is 9.98 Å². The first kappa shape index (κ1) is 22.9. The molecule has 7 heteroatoms. The minimum absolute atomic E-state index is 0.190. The molecule has 2 aromatic rings. The molecule has 0 aromatic carbocycles. The fourth-order valence-corrected chi connectivity index (χ4v) is 2.99. The van der Waals surface area contributed by atoms with Gasteiger partial charge in [-0.2, -0.15) is 0 Å². The van der Waals surface area contributed by atoms with Gasteiger partial charge in [-0.05, 0) is 38.3 Å². The SMILES string of the molecule is C/C=C(\C=NC)c1cc2nccnc2c(NCC2(F)CCCNC2)n1.CC(C)C. The molecule has 1 saturated heterocycles. The number of halogens is 1. The molecule has 2 aromatic heterocycles. The van der Waals surface area contributed by atoms with Crippen molar-refractivity contribution in [2.24, 2.45) is 10.9 Å². The fourth-order valence-electron chi connectivity index (χ4n) is 2.99. The van der Waals surface area contributed by atoms with E-state index < -0.39 is 5.67 Å². The molecule has 1 aliphatic rings. The number of hydrogen-bond acceptors (Lipinski definition) is 6. The Kier molecular flexibility index (Phi) is 8.64. The molecule has 1 fully saturated rings. The van der Waals surface area contributed by atoms with Gasteiger partial charge in [0.25, 0.3) is 0 Å². The molecule has 0 radical (unpaired) electrons. The van der Waals surface area contributed by atoms with Crippen LogP contribution in [0, 0.1) is 5.92 Å². The summed E-state index contributed by atoms with van der Waals surface area (Å²) in [6, 6.07) is 1.87. The molecule has 1 unspecified atom stereocenters. The van der Waals surface area contributed by atoms with E-state index in [0.717, 1.165) is 30.2 Å². The smallest absolute Gasteiger partial charge is 0.155 e. The monoisotopic (exact) mass is 400 g/mol. The van der Waals surface area contributed by atoms with Crippen molar-refractivity contribution in [3.8, 4) is 0 Å². The first-order valence-corrected chi connectivity index (χ1v) is 10.2. The molecule has 2 N–H and O–H groups in total. The van der Waals surface area contributed by atoms with Crippen molar-refractivity contribution in [3.05, 3.63) is 30.2 Å². The van der Waals surface area contributed by atoms with Crippen molar-refractivity contribution in [2.75, 3.05) is 32.0 Å². The van der Waals surface area contributed by atoms with Crippen molar-refractivity contribution in [1.29, 1.82) is 0 Å². The normalized spacial score (nSPS) is 20.0. The maximum absolute atomic E-state index is 14.9. The fraction of sp³-hybridized carbons (Fsp3) is 0.545. The van der Waals surface area contributed by atoms with Crippen LogP contribution in [0.5, 0.6) is 0 Å². The van der Waals surface area contributed by atoms with Crippen molar-refractivity contribution < 1.29 is 4.39 Å². The molecule has 0 amide bonds. The number of allylic oxidation sites excluding steroid dienone is 2. The summed E-state index contributed by atoms with van der Waals surface area (Å²) in [5.74, 6) is 1.38. The second-order valence-electron chi connectivity index (χ2n) is 7.93. The summed E-state index contributed by atoms with van der Waals surface area (Å²) in [5.41, 5.74) is 1.69. The maximum atomic E-state index is 14.9.